The number of carbonyl (C=O) groups excluding carboxylic acids is 16. The zero-order valence-corrected chi connectivity index (χ0v) is 77.3. The Bertz CT molecular complexity index is 5300. The minimum absolute atomic E-state index is 0.0261. The van der Waals surface area contributed by atoms with Crippen LogP contribution in [0.15, 0.2) is 164 Å². The van der Waals surface area contributed by atoms with Crippen LogP contribution in [0.4, 0.5) is 0 Å². The maximum Gasteiger partial charge on any atom is 0.305 e. The molecule has 13 atom stereocenters. The van der Waals surface area contributed by atoms with Crippen LogP contribution in [-0.4, -0.2) is 260 Å². The van der Waals surface area contributed by atoms with Gasteiger partial charge < -0.3 is 110 Å². The standard InChI is InChI=1S/C95H121N17O21S/c1-51(2)38-67-89(127)109-81(53(5)6)93(131)106-74(48-113)91(129)107-75(83(121)98-46-76(96)116)49-134-50-78(118)99-68(39-56-20-14-12-15-21-56)84(122)100-70(42-59-30-36-64(115)37-31-59)86(124)104-73(44-79(119)120)88(126)103-72(43-62-45-97-66-25-19-18-24-65(62)66)87(125)101-69(41-58-28-34-63(114)35-29-58)85(123)102-71(40-57-26-32-61(33-27-57)60-22-16-13-17-23-60)90(128)110-82(54(7)8)95(133)112(11)55(9)94(132)111(10)47-77(117)108-80(52(3)4)92(130)105-67/h12-37,45,51-55,67-75,80-82,97,113-115H,38-44,46-50H2,1-11H3,(H2,96,116)(H,98,121)(H,99,118)(H,100,122)(H,101,125)(H,102,123)(H,103,126)(H,104,124)(H,105,130)(H,106,131)(H,107,129)(H,108,117)(H,109,127)(H,110,128)(H,119,120)/t55-,67-,68-,69-,70-,71-,72-,73-,74-,75-,80-,81-,82-/m0/s1. The molecule has 7 aromatic rings. The second kappa shape index (κ2) is 50.4. The lowest BCUT2D eigenvalue weighted by molar-refractivity contribution is -0.147. The number of likely N-dealkylation sites (N-methyl/N-ethyl adjacent to an activating group) is 2. The Morgan fingerprint density at radius 2 is 0.843 bits per heavy atom. The molecule has 0 unspecified atom stereocenters. The largest absolute Gasteiger partial charge is 0.508 e. The SMILES string of the molecule is CC(C)C[C@@H]1NC(=O)[C@H](C(C)C)NC(=O)CN(C)C(=O)[C@H](C)N(C)C(=O)[C@H](C(C)C)NC(=O)[C@H](Cc2ccc(-c3ccccc3)cc2)NC(=O)[C@H](Cc2ccc(O)cc2)NC(=O)[C@H](Cc2c[nH]c3ccccc23)NC(=O)[C@H](CC(=O)O)NC(=O)[C@H](Cc2ccc(O)cc2)NC(=O)[C@H](Cc2ccccc2)NC(=O)CSC[C@@H](C(=O)NCC(N)=O)NC(=O)[C@H](CO)NC(=O)[C@H](C(C)C)NC1=O. The van der Waals surface area contributed by atoms with E-state index in [1.807, 2.05) is 30.3 Å². The Kier molecular flexibility index (Phi) is 39.5. The van der Waals surface area contributed by atoms with Gasteiger partial charge in [0.15, 0.2) is 0 Å². The monoisotopic (exact) mass is 1870 g/mol. The Morgan fingerprint density at radius 1 is 0.440 bits per heavy atom. The molecule has 0 aliphatic carbocycles. The van der Waals surface area contributed by atoms with Crippen LogP contribution in [0.1, 0.15) is 103 Å². The van der Waals surface area contributed by atoms with Crippen molar-refractivity contribution in [3.63, 3.8) is 0 Å². The van der Waals surface area contributed by atoms with Gasteiger partial charge in [0.1, 0.15) is 90.0 Å². The number of aliphatic carboxylic acids is 1. The molecule has 0 saturated carbocycles. The summed E-state index contributed by atoms with van der Waals surface area (Å²) in [6, 6.07) is 21.3. The molecule has 1 aromatic heterocycles. The van der Waals surface area contributed by atoms with Crippen LogP contribution in [0, 0.1) is 23.7 Å². The highest BCUT2D eigenvalue weighted by Crippen LogP contribution is 2.25. The summed E-state index contributed by atoms with van der Waals surface area (Å²) < 4.78 is 0. The predicted molar refractivity (Wildman–Crippen MR) is 497 cm³/mol. The number of phenolic OH excluding ortho intramolecular Hbond substituents is 2. The highest BCUT2D eigenvalue weighted by Gasteiger charge is 2.41. The second-order valence-corrected chi connectivity index (χ2v) is 35.6. The van der Waals surface area contributed by atoms with E-state index in [2.05, 4.69) is 74.1 Å². The number of aromatic amines is 1. The van der Waals surface area contributed by atoms with Crippen LogP contribution >= 0.6 is 11.8 Å². The van der Waals surface area contributed by atoms with Crippen LogP contribution in [0.5, 0.6) is 11.5 Å². The van der Waals surface area contributed by atoms with E-state index in [9.17, 15) is 68.4 Å². The molecule has 1 aliphatic heterocycles. The molecule has 39 heteroatoms. The lowest BCUT2D eigenvalue weighted by Crippen LogP contribution is -2.62. The molecule has 8 rings (SSSR count). The number of aliphatic hydroxyl groups is 1. The molecule has 1 fully saturated rings. The van der Waals surface area contributed by atoms with Crippen molar-refractivity contribution in [1.29, 1.82) is 0 Å². The molecule has 2 heterocycles. The number of nitrogens with zero attached hydrogens (tertiary/aromatic N) is 2. The van der Waals surface area contributed by atoms with E-state index in [-0.39, 0.29) is 48.7 Å². The van der Waals surface area contributed by atoms with E-state index in [0.29, 0.717) is 44.9 Å². The first-order chi connectivity index (χ1) is 63.6. The number of primary amides is 1. The van der Waals surface area contributed by atoms with Crippen molar-refractivity contribution in [2.75, 3.05) is 45.3 Å². The van der Waals surface area contributed by atoms with E-state index in [0.717, 1.165) is 20.9 Å². The van der Waals surface area contributed by atoms with Crippen molar-refractivity contribution in [2.24, 2.45) is 29.4 Å². The zero-order chi connectivity index (χ0) is 98.3. The number of nitrogens with one attached hydrogen (secondary N) is 14. The van der Waals surface area contributed by atoms with Gasteiger partial charge in [-0.15, -0.1) is 11.8 Å². The number of rotatable bonds is 22. The molecule has 16 amide bonds. The molecule has 38 nitrogen and oxygen atoms in total. The Hall–Kier alpha value is -14.2. The normalized spacial score (nSPS) is 22.7. The number of thioether (sulfide) groups is 1. The fraction of sp³-hybridized carbons (Fsp3) is 0.421. The number of H-pyrrole nitrogens is 1. The van der Waals surface area contributed by atoms with Gasteiger partial charge in [-0.05, 0) is 106 Å². The summed E-state index contributed by atoms with van der Waals surface area (Å²) in [5, 5.41) is 76.3. The lowest BCUT2D eigenvalue weighted by atomic mass is 9.97. The minimum atomic E-state index is -2.09. The first-order valence-electron chi connectivity index (χ1n) is 44.0. The lowest BCUT2D eigenvalue weighted by Gasteiger charge is -2.33. The molecule has 0 bridgehead atoms. The number of carboxylic acids is 1. The van der Waals surface area contributed by atoms with E-state index in [4.69, 9.17) is 5.73 Å². The third kappa shape index (κ3) is 31.8. The van der Waals surface area contributed by atoms with Gasteiger partial charge in [0.05, 0.1) is 31.9 Å². The average Bonchev–Trinajstić information content (AvgIpc) is 1.72. The van der Waals surface area contributed by atoms with Crippen LogP contribution in [0.25, 0.3) is 22.0 Å². The van der Waals surface area contributed by atoms with Gasteiger partial charge in [0.2, 0.25) is 94.5 Å². The number of phenols is 2. The van der Waals surface area contributed by atoms with Crippen LogP contribution in [0.2, 0.25) is 0 Å². The van der Waals surface area contributed by atoms with Crippen molar-refractivity contribution in [1.82, 2.24) is 83.9 Å². The summed E-state index contributed by atoms with van der Waals surface area (Å²) in [6.45, 7) is 11.9. The molecule has 0 radical (unpaired) electrons. The van der Waals surface area contributed by atoms with Gasteiger partial charge in [-0.1, -0.05) is 183 Å². The Labute approximate surface area is 779 Å². The topological polar surface area (TPSA) is 576 Å². The van der Waals surface area contributed by atoms with Gasteiger partial charge in [-0.2, -0.15) is 0 Å². The molecule has 0 spiro atoms. The molecular formula is C95H121N17O21S. The smallest absolute Gasteiger partial charge is 0.305 e. The highest BCUT2D eigenvalue weighted by molar-refractivity contribution is 8.00. The molecule has 6 aromatic carbocycles. The first kappa shape index (κ1) is 105. The molecular weight excluding hydrogens is 1750 g/mol. The second-order valence-electron chi connectivity index (χ2n) is 34.5. The van der Waals surface area contributed by atoms with Gasteiger partial charge >= 0.3 is 5.97 Å². The number of carbonyl (C=O) groups is 17. The number of carboxylic acid groups (broad SMARTS) is 1. The fourth-order valence-corrected chi connectivity index (χ4v) is 15.6. The fourth-order valence-electron chi connectivity index (χ4n) is 14.8. The number of aromatic hydroxyl groups is 2. The first-order valence-corrected chi connectivity index (χ1v) is 45.1. The van der Waals surface area contributed by atoms with E-state index in [1.54, 1.807) is 140 Å². The number of amides is 16. The third-order valence-electron chi connectivity index (χ3n) is 22.4. The number of nitrogens with two attached hydrogens (primary N) is 1. The van der Waals surface area contributed by atoms with E-state index < -0.39 is 247 Å². The maximum absolute atomic E-state index is 15.7. The molecule has 718 valence electrons. The zero-order valence-electron chi connectivity index (χ0n) is 76.5. The van der Waals surface area contributed by atoms with Crippen LogP contribution in [0.3, 0.4) is 0 Å². The van der Waals surface area contributed by atoms with Gasteiger partial charge in [-0.25, -0.2) is 0 Å². The summed E-state index contributed by atoms with van der Waals surface area (Å²) in [5.74, 6) is -21.4. The Balaban J connectivity index is 1.20. The van der Waals surface area contributed by atoms with Crippen molar-refractivity contribution < 1.29 is 102 Å². The number of aromatic nitrogens is 1. The molecule has 1 saturated heterocycles. The Morgan fingerprint density at radius 3 is 1.34 bits per heavy atom. The third-order valence-corrected chi connectivity index (χ3v) is 23.4. The maximum atomic E-state index is 15.7. The van der Waals surface area contributed by atoms with Gasteiger partial charge in [0, 0.05) is 69.1 Å². The predicted octanol–water partition coefficient (Wildman–Crippen LogP) is 0.712. The van der Waals surface area contributed by atoms with Gasteiger partial charge in [-0.3, -0.25) is 81.5 Å². The van der Waals surface area contributed by atoms with Crippen molar-refractivity contribution >= 4 is 123 Å². The minimum Gasteiger partial charge on any atom is -0.508 e. The van der Waals surface area contributed by atoms with Gasteiger partial charge in [0.25, 0.3) is 0 Å². The molecule has 134 heavy (non-hydrogen) atoms. The number of benzene rings is 6. The van der Waals surface area contributed by atoms with Crippen LogP contribution in [-0.2, 0) is 114 Å². The molecule has 20 N–H and O–H groups in total. The van der Waals surface area contributed by atoms with E-state index >= 15 is 33.6 Å². The number of hydrogen-bond donors (Lipinski definition) is 19. The summed E-state index contributed by atoms with van der Waals surface area (Å²) in [6.07, 6.45) is -1.39. The summed E-state index contributed by atoms with van der Waals surface area (Å²) >= 11 is 0.714. The van der Waals surface area contributed by atoms with Crippen molar-refractivity contribution in [3.8, 4) is 22.6 Å². The van der Waals surface area contributed by atoms with Crippen molar-refractivity contribution in [3.05, 3.63) is 192 Å². The summed E-state index contributed by atoms with van der Waals surface area (Å²) in [5.41, 5.74) is 9.58. The highest BCUT2D eigenvalue weighted by atomic mass is 32.2. The molecule has 1 aliphatic rings. The average molecular weight is 1870 g/mol. The van der Waals surface area contributed by atoms with Crippen LogP contribution < -0.4 is 74.9 Å². The summed E-state index contributed by atoms with van der Waals surface area (Å²) in [7, 11) is 2.58. The number of aliphatic hydroxyl groups excluding tert-OH is 1. The number of para-hydroxylation sites is 1. The van der Waals surface area contributed by atoms with Crippen molar-refractivity contribution in [2.45, 2.75) is 186 Å². The quantitative estimate of drug-likeness (QED) is 0.0444. The summed E-state index contributed by atoms with van der Waals surface area (Å²) in [4.78, 5) is 252. The van der Waals surface area contributed by atoms with E-state index in [1.165, 1.54) is 69.6 Å². The number of fused-ring (bicyclic) bond motifs is 1. The number of hydrogen-bond acceptors (Lipinski definition) is 21.